The van der Waals surface area contributed by atoms with Gasteiger partial charge in [-0.15, -0.1) is 0 Å². The van der Waals surface area contributed by atoms with Gasteiger partial charge in [-0.05, 0) is 45.7 Å². The van der Waals surface area contributed by atoms with Crippen molar-refractivity contribution in [3.63, 3.8) is 0 Å². The number of ether oxygens (including phenoxy) is 1. The van der Waals surface area contributed by atoms with Crippen LogP contribution in [0.3, 0.4) is 0 Å². The first kappa shape index (κ1) is 18.5. The van der Waals surface area contributed by atoms with E-state index in [-0.39, 0.29) is 17.7 Å². The molecule has 2 rings (SSSR count). The lowest BCUT2D eigenvalue weighted by molar-refractivity contribution is 0.00916. The van der Waals surface area contributed by atoms with Crippen LogP contribution in [-0.4, -0.2) is 60.8 Å². The SMILES string of the molecule is COC(C)(C)C[C@@H](C)NC(=O)N1CCCN(c2ccccn2)CC1. The predicted octanol–water partition coefficient (Wildman–Crippen LogP) is 2.51. The fourth-order valence-electron chi connectivity index (χ4n) is 3.06. The van der Waals surface area contributed by atoms with Gasteiger partial charge in [0.05, 0.1) is 5.60 Å². The van der Waals surface area contributed by atoms with Gasteiger partial charge in [0.2, 0.25) is 0 Å². The van der Waals surface area contributed by atoms with Crippen molar-refractivity contribution in [2.45, 2.75) is 45.3 Å². The largest absolute Gasteiger partial charge is 0.379 e. The van der Waals surface area contributed by atoms with Gasteiger partial charge < -0.3 is 19.9 Å². The van der Waals surface area contributed by atoms with Crippen LogP contribution in [0.1, 0.15) is 33.6 Å². The second kappa shape index (κ2) is 8.33. The van der Waals surface area contributed by atoms with Crippen LogP contribution in [-0.2, 0) is 4.74 Å². The average Bonchev–Trinajstić information content (AvgIpc) is 2.81. The van der Waals surface area contributed by atoms with E-state index in [9.17, 15) is 4.79 Å². The molecule has 0 aromatic carbocycles. The van der Waals surface area contributed by atoms with E-state index in [1.807, 2.05) is 50.1 Å². The minimum atomic E-state index is -0.235. The van der Waals surface area contributed by atoms with Gasteiger partial charge in [-0.2, -0.15) is 0 Å². The van der Waals surface area contributed by atoms with Gasteiger partial charge in [0.25, 0.3) is 0 Å². The molecule has 6 heteroatoms. The third-order valence-electron chi connectivity index (χ3n) is 4.48. The quantitative estimate of drug-likeness (QED) is 0.899. The summed E-state index contributed by atoms with van der Waals surface area (Å²) in [6.45, 7) is 9.31. The molecule has 0 radical (unpaired) electrons. The normalized spacial score (nSPS) is 17.3. The predicted molar refractivity (Wildman–Crippen MR) is 96.3 cm³/mol. The number of aromatic nitrogens is 1. The highest BCUT2D eigenvalue weighted by Gasteiger charge is 2.24. The molecule has 1 atom stereocenters. The lowest BCUT2D eigenvalue weighted by Gasteiger charge is -2.29. The van der Waals surface area contributed by atoms with Gasteiger partial charge >= 0.3 is 6.03 Å². The molecular formula is C18H30N4O2. The molecule has 0 bridgehead atoms. The number of carbonyl (C=O) groups is 1. The number of urea groups is 1. The summed E-state index contributed by atoms with van der Waals surface area (Å²) in [5.41, 5.74) is -0.235. The molecule has 2 heterocycles. The van der Waals surface area contributed by atoms with Crippen molar-refractivity contribution >= 4 is 11.8 Å². The Hall–Kier alpha value is -1.82. The number of rotatable bonds is 5. The Morgan fingerprint density at radius 1 is 1.33 bits per heavy atom. The van der Waals surface area contributed by atoms with Crippen LogP contribution >= 0.6 is 0 Å². The van der Waals surface area contributed by atoms with E-state index >= 15 is 0 Å². The van der Waals surface area contributed by atoms with Crippen LogP contribution in [0.5, 0.6) is 0 Å². The van der Waals surface area contributed by atoms with Crippen molar-refractivity contribution in [2.75, 3.05) is 38.2 Å². The highest BCUT2D eigenvalue weighted by atomic mass is 16.5. The molecule has 0 spiro atoms. The molecule has 0 unspecified atom stereocenters. The lowest BCUT2D eigenvalue weighted by Crippen LogP contribution is -2.47. The monoisotopic (exact) mass is 334 g/mol. The first-order valence-corrected chi connectivity index (χ1v) is 8.68. The minimum Gasteiger partial charge on any atom is -0.379 e. The molecule has 0 aliphatic carbocycles. The summed E-state index contributed by atoms with van der Waals surface area (Å²) in [5.74, 6) is 0.981. The highest BCUT2D eigenvalue weighted by Crippen LogP contribution is 2.16. The van der Waals surface area contributed by atoms with E-state index in [1.54, 1.807) is 7.11 Å². The van der Waals surface area contributed by atoms with Crippen molar-refractivity contribution < 1.29 is 9.53 Å². The van der Waals surface area contributed by atoms with Gasteiger partial charge in [0, 0.05) is 45.5 Å². The molecule has 1 aromatic heterocycles. The smallest absolute Gasteiger partial charge is 0.317 e. The summed E-state index contributed by atoms with van der Waals surface area (Å²) < 4.78 is 5.44. The Labute approximate surface area is 145 Å². The maximum atomic E-state index is 12.5. The summed E-state index contributed by atoms with van der Waals surface area (Å²) in [5, 5.41) is 3.10. The third kappa shape index (κ3) is 5.37. The van der Waals surface area contributed by atoms with E-state index < -0.39 is 0 Å². The van der Waals surface area contributed by atoms with Gasteiger partial charge in [-0.25, -0.2) is 9.78 Å². The Kier molecular flexibility index (Phi) is 6.43. The number of amides is 2. The van der Waals surface area contributed by atoms with Gasteiger partial charge in [-0.1, -0.05) is 6.07 Å². The topological polar surface area (TPSA) is 57.7 Å². The molecule has 1 aliphatic heterocycles. The summed E-state index contributed by atoms with van der Waals surface area (Å²) in [7, 11) is 1.70. The van der Waals surface area contributed by atoms with E-state index in [0.717, 1.165) is 38.3 Å². The molecule has 1 aromatic rings. The molecule has 2 amide bonds. The minimum absolute atomic E-state index is 0.0114. The van der Waals surface area contributed by atoms with Gasteiger partial charge in [-0.3, -0.25) is 0 Å². The van der Waals surface area contributed by atoms with E-state index in [1.165, 1.54) is 0 Å². The summed E-state index contributed by atoms with van der Waals surface area (Å²) in [4.78, 5) is 21.1. The Balaban J connectivity index is 1.85. The summed E-state index contributed by atoms with van der Waals surface area (Å²) >= 11 is 0. The summed E-state index contributed by atoms with van der Waals surface area (Å²) in [6.07, 6.45) is 3.54. The zero-order valence-electron chi connectivity index (χ0n) is 15.3. The molecule has 0 saturated carbocycles. The number of methoxy groups -OCH3 is 1. The Morgan fingerprint density at radius 2 is 2.12 bits per heavy atom. The van der Waals surface area contributed by atoms with Crippen molar-refractivity contribution in [1.29, 1.82) is 0 Å². The van der Waals surface area contributed by atoms with Crippen LogP contribution in [0.4, 0.5) is 10.6 Å². The Morgan fingerprint density at radius 3 is 2.79 bits per heavy atom. The molecule has 134 valence electrons. The summed E-state index contributed by atoms with van der Waals surface area (Å²) in [6, 6.07) is 6.02. The number of nitrogens with zero attached hydrogens (tertiary/aromatic N) is 3. The van der Waals surface area contributed by atoms with E-state index in [2.05, 4.69) is 15.2 Å². The molecular weight excluding hydrogens is 304 g/mol. The zero-order valence-corrected chi connectivity index (χ0v) is 15.3. The van der Waals surface area contributed by atoms with E-state index in [4.69, 9.17) is 4.74 Å². The van der Waals surface area contributed by atoms with Crippen molar-refractivity contribution in [3.8, 4) is 0 Å². The van der Waals surface area contributed by atoms with Crippen LogP contribution in [0.15, 0.2) is 24.4 Å². The second-order valence-corrected chi connectivity index (χ2v) is 7.03. The van der Waals surface area contributed by atoms with Crippen molar-refractivity contribution in [2.24, 2.45) is 0 Å². The average molecular weight is 334 g/mol. The van der Waals surface area contributed by atoms with Gasteiger partial charge in [0.15, 0.2) is 0 Å². The zero-order chi connectivity index (χ0) is 17.6. The van der Waals surface area contributed by atoms with Gasteiger partial charge in [0.1, 0.15) is 5.82 Å². The maximum absolute atomic E-state index is 12.5. The number of hydrogen-bond acceptors (Lipinski definition) is 4. The highest BCUT2D eigenvalue weighted by molar-refractivity contribution is 5.74. The van der Waals surface area contributed by atoms with Crippen LogP contribution in [0.25, 0.3) is 0 Å². The molecule has 1 saturated heterocycles. The number of pyridine rings is 1. The molecule has 1 fully saturated rings. The number of anilines is 1. The fraction of sp³-hybridized carbons (Fsp3) is 0.667. The number of carbonyl (C=O) groups excluding carboxylic acids is 1. The molecule has 24 heavy (non-hydrogen) atoms. The number of hydrogen-bond donors (Lipinski definition) is 1. The van der Waals surface area contributed by atoms with Crippen molar-refractivity contribution in [3.05, 3.63) is 24.4 Å². The first-order chi connectivity index (χ1) is 11.4. The first-order valence-electron chi connectivity index (χ1n) is 8.68. The standard InChI is InChI=1S/C18H30N4O2/c1-15(14-18(2,3)24-4)20-17(23)22-11-7-10-21(12-13-22)16-8-5-6-9-19-16/h5-6,8-9,15H,7,10-14H2,1-4H3,(H,20,23)/t15-/m1/s1. The fourth-order valence-corrected chi connectivity index (χ4v) is 3.06. The maximum Gasteiger partial charge on any atom is 0.317 e. The second-order valence-electron chi connectivity index (χ2n) is 7.03. The number of nitrogens with one attached hydrogen (secondary N) is 1. The third-order valence-corrected chi connectivity index (χ3v) is 4.48. The van der Waals surface area contributed by atoms with Crippen LogP contribution in [0.2, 0.25) is 0 Å². The molecule has 6 nitrogen and oxygen atoms in total. The Bertz CT molecular complexity index is 521. The molecule has 1 aliphatic rings. The molecule has 1 N–H and O–H groups in total. The lowest BCUT2D eigenvalue weighted by atomic mass is 10.00. The van der Waals surface area contributed by atoms with Crippen LogP contribution in [0, 0.1) is 0 Å². The van der Waals surface area contributed by atoms with Crippen molar-refractivity contribution in [1.82, 2.24) is 15.2 Å². The van der Waals surface area contributed by atoms with Crippen LogP contribution < -0.4 is 10.2 Å². The van der Waals surface area contributed by atoms with E-state index in [0.29, 0.717) is 6.54 Å².